The number of hydrogen-bond acceptors (Lipinski definition) is 1. The lowest BCUT2D eigenvalue weighted by Crippen LogP contribution is -2.29. The Morgan fingerprint density at radius 1 is 1.06 bits per heavy atom. The van der Waals surface area contributed by atoms with Crippen molar-refractivity contribution in [3.05, 3.63) is 34.4 Å². The second kappa shape index (κ2) is 5.68. The summed E-state index contributed by atoms with van der Waals surface area (Å²) < 4.78 is 0. The van der Waals surface area contributed by atoms with Crippen LogP contribution in [0.25, 0.3) is 0 Å². The average molecular weight is 231 g/mol. The third kappa shape index (κ3) is 3.10. The van der Waals surface area contributed by atoms with E-state index in [2.05, 4.69) is 24.0 Å². The summed E-state index contributed by atoms with van der Waals surface area (Å²) in [6.45, 7) is 10.0. The molecule has 0 atom stereocenters. The van der Waals surface area contributed by atoms with E-state index in [1.165, 1.54) is 50.9 Å². The number of benzene rings is 1. The van der Waals surface area contributed by atoms with Gasteiger partial charge in [-0.1, -0.05) is 38.0 Å². The number of piperidine rings is 1. The first-order valence-electron chi connectivity index (χ1n) is 7.16. The maximum atomic E-state index is 2.62. The summed E-state index contributed by atoms with van der Waals surface area (Å²) in [7, 11) is 0. The summed E-state index contributed by atoms with van der Waals surface area (Å²) in [4.78, 5) is 2.62. The molecule has 1 nitrogen and oxygen atoms in total. The molecule has 1 heterocycles. The summed E-state index contributed by atoms with van der Waals surface area (Å²) in [6.07, 6.45) is 5.49. The topological polar surface area (TPSA) is 3.24 Å². The Morgan fingerprint density at radius 2 is 1.76 bits per heavy atom. The lowest BCUT2D eigenvalue weighted by Gasteiger charge is -2.26. The second-order valence-electron chi connectivity index (χ2n) is 5.08. The maximum absolute atomic E-state index is 2.62. The third-order valence-electron chi connectivity index (χ3n) is 3.66. The number of hydrogen-bond donors (Lipinski definition) is 0. The van der Waals surface area contributed by atoms with Gasteiger partial charge in [-0.25, -0.2) is 0 Å². The van der Waals surface area contributed by atoms with Crippen LogP contribution in [0.1, 0.15) is 55.4 Å². The molecular formula is C16H25N. The van der Waals surface area contributed by atoms with Crippen LogP contribution in [-0.4, -0.2) is 18.0 Å². The van der Waals surface area contributed by atoms with E-state index in [0.717, 1.165) is 0 Å². The number of rotatable bonds is 2. The minimum atomic E-state index is 1.20. The van der Waals surface area contributed by atoms with Crippen molar-refractivity contribution in [1.82, 2.24) is 4.90 Å². The molecule has 1 aliphatic heterocycles. The molecule has 1 aromatic carbocycles. The largest absolute Gasteiger partial charge is 0.299 e. The first kappa shape index (κ1) is 12.6. The molecule has 1 fully saturated rings. The molecular weight excluding hydrogens is 206 g/mol. The van der Waals surface area contributed by atoms with Crippen molar-refractivity contribution in [2.75, 3.05) is 13.1 Å². The number of aryl methyl sites for hydroxylation is 1. The highest BCUT2D eigenvalue weighted by Crippen LogP contribution is 2.33. The van der Waals surface area contributed by atoms with Gasteiger partial charge in [-0.15, -0.1) is 0 Å². The van der Waals surface area contributed by atoms with E-state index < -0.39 is 0 Å². The van der Waals surface area contributed by atoms with Gasteiger partial charge in [0.05, 0.1) is 0 Å². The molecule has 3 rings (SSSR count). The molecule has 94 valence electrons. The predicted octanol–water partition coefficient (Wildman–Crippen LogP) is 3.91. The molecule has 0 aromatic heterocycles. The number of fused-ring (bicyclic) bond motifs is 1. The molecule has 0 spiro atoms. The fraction of sp³-hybridized carbons (Fsp3) is 0.625. The third-order valence-corrected chi connectivity index (χ3v) is 3.66. The van der Waals surface area contributed by atoms with Crippen LogP contribution in [0.4, 0.5) is 0 Å². The lowest BCUT2D eigenvalue weighted by molar-refractivity contribution is 0.221. The van der Waals surface area contributed by atoms with E-state index in [1.807, 2.05) is 13.8 Å². The molecule has 0 unspecified atom stereocenters. The van der Waals surface area contributed by atoms with Gasteiger partial charge in [0.25, 0.3) is 0 Å². The highest BCUT2D eigenvalue weighted by Gasteiger charge is 2.22. The Hall–Kier alpha value is -0.820. The van der Waals surface area contributed by atoms with Crippen molar-refractivity contribution >= 4 is 0 Å². The lowest BCUT2D eigenvalue weighted by atomic mass is 10.1. The Kier molecular flexibility index (Phi) is 4.22. The van der Waals surface area contributed by atoms with Gasteiger partial charge < -0.3 is 0 Å². The van der Waals surface area contributed by atoms with Crippen molar-refractivity contribution in [3.63, 3.8) is 0 Å². The Balaban J connectivity index is 0.000000514. The van der Waals surface area contributed by atoms with Crippen LogP contribution in [0, 0.1) is 6.92 Å². The van der Waals surface area contributed by atoms with Crippen molar-refractivity contribution < 1.29 is 0 Å². The SMILES string of the molecule is CC.Cc1cc2c(c(CN3CCCCC3)c1)C2. The second-order valence-corrected chi connectivity index (χ2v) is 5.08. The fourth-order valence-electron chi connectivity index (χ4n) is 2.78. The predicted molar refractivity (Wildman–Crippen MR) is 74.5 cm³/mol. The minimum absolute atomic E-state index is 1.20. The average Bonchev–Trinajstić information content (AvgIpc) is 3.12. The molecule has 1 saturated heterocycles. The minimum Gasteiger partial charge on any atom is -0.299 e. The number of nitrogens with zero attached hydrogens (tertiary/aromatic N) is 1. The zero-order valence-corrected chi connectivity index (χ0v) is 11.6. The fourth-order valence-corrected chi connectivity index (χ4v) is 2.78. The van der Waals surface area contributed by atoms with Crippen LogP contribution < -0.4 is 0 Å². The summed E-state index contributed by atoms with van der Waals surface area (Å²) in [6, 6.07) is 4.73. The number of likely N-dealkylation sites (tertiary alicyclic amines) is 1. The van der Waals surface area contributed by atoms with E-state index in [4.69, 9.17) is 0 Å². The van der Waals surface area contributed by atoms with Crippen molar-refractivity contribution in [2.45, 2.75) is 53.0 Å². The van der Waals surface area contributed by atoms with Crippen LogP contribution in [-0.2, 0) is 13.0 Å². The molecule has 2 aliphatic rings. The van der Waals surface area contributed by atoms with E-state index in [1.54, 1.807) is 16.7 Å². The van der Waals surface area contributed by atoms with Gasteiger partial charge in [0.2, 0.25) is 0 Å². The first-order valence-corrected chi connectivity index (χ1v) is 7.16. The van der Waals surface area contributed by atoms with Crippen LogP contribution in [0.2, 0.25) is 0 Å². The molecule has 1 heteroatoms. The maximum Gasteiger partial charge on any atom is 0.0236 e. The van der Waals surface area contributed by atoms with Gasteiger partial charge in [0.1, 0.15) is 0 Å². The summed E-state index contributed by atoms with van der Waals surface area (Å²) >= 11 is 0. The highest BCUT2D eigenvalue weighted by molar-refractivity contribution is 5.52. The molecule has 1 aromatic rings. The van der Waals surface area contributed by atoms with Crippen LogP contribution in [0.15, 0.2) is 12.1 Å². The molecule has 0 amide bonds. The van der Waals surface area contributed by atoms with Crippen molar-refractivity contribution in [3.8, 4) is 0 Å². The van der Waals surface area contributed by atoms with Gasteiger partial charge in [-0.05, 0) is 56.0 Å². The summed E-state index contributed by atoms with van der Waals surface area (Å²) in [5.74, 6) is 0. The molecule has 0 radical (unpaired) electrons. The van der Waals surface area contributed by atoms with Crippen LogP contribution >= 0.6 is 0 Å². The van der Waals surface area contributed by atoms with Crippen molar-refractivity contribution in [1.29, 1.82) is 0 Å². The monoisotopic (exact) mass is 231 g/mol. The molecule has 0 N–H and O–H groups in total. The van der Waals surface area contributed by atoms with E-state index in [-0.39, 0.29) is 0 Å². The zero-order chi connectivity index (χ0) is 12.3. The highest BCUT2D eigenvalue weighted by atomic mass is 15.1. The molecule has 1 aliphatic carbocycles. The molecule has 17 heavy (non-hydrogen) atoms. The van der Waals surface area contributed by atoms with E-state index in [0.29, 0.717) is 0 Å². The zero-order valence-electron chi connectivity index (χ0n) is 11.6. The summed E-state index contributed by atoms with van der Waals surface area (Å²) in [5.41, 5.74) is 6.29. The van der Waals surface area contributed by atoms with E-state index in [9.17, 15) is 0 Å². The van der Waals surface area contributed by atoms with Gasteiger partial charge in [-0.3, -0.25) is 4.90 Å². The van der Waals surface area contributed by atoms with Crippen LogP contribution in [0.3, 0.4) is 0 Å². The quantitative estimate of drug-likeness (QED) is 0.757. The normalized spacial score (nSPS) is 18.1. The Labute approximate surface area is 106 Å². The van der Waals surface area contributed by atoms with Gasteiger partial charge in [-0.2, -0.15) is 0 Å². The summed E-state index contributed by atoms with van der Waals surface area (Å²) in [5, 5.41) is 0. The Morgan fingerprint density at radius 3 is 2.47 bits per heavy atom. The smallest absolute Gasteiger partial charge is 0.0236 e. The van der Waals surface area contributed by atoms with Gasteiger partial charge >= 0.3 is 0 Å². The first-order chi connectivity index (χ1) is 8.33. The Bertz CT molecular complexity index is 375. The molecule has 0 bridgehead atoms. The van der Waals surface area contributed by atoms with E-state index >= 15 is 0 Å². The van der Waals surface area contributed by atoms with Gasteiger partial charge in [0.15, 0.2) is 0 Å². The van der Waals surface area contributed by atoms with Gasteiger partial charge in [0, 0.05) is 6.54 Å². The standard InChI is InChI=1S/C14H19N.C2H6/c1-11-7-12-9-14(12)13(8-11)10-15-5-3-2-4-6-15;1-2/h7-8H,2-6,9-10H2,1H3;1-2H3. The molecule has 0 saturated carbocycles. The van der Waals surface area contributed by atoms with Crippen LogP contribution in [0.5, 0.6) is 0 Å². The van der Waals surface area contributed by atoms with Crippen molar-refractivity contribution in [2.24, 2.45) is 0 Å².